The van der Waals surface area contributed by atoms with Gasteiger partial charge in [0.05, 0.1) is 28.1 Å². The third-order valence-corrected chi connectivity index (χ3v) is 7.18. The number of thioether (sulfide) groups is 1. The first-order valence-corrected chi connectivity index (χ1v) is 11.0. The van der Waals surface area contributed by atoms with Gasteiger partial charge in [0.1, 0.15) is 17.1 Å². The van der Waals surface area contributed by atoms with Crippen molar-refractivity contribution in [1.29, 1.82) is 0 Å². The van der Waals surface area contributed by atoms with E-state index in [0.717, 1.165) is 6.07 Å². The van der Waals surface area contributed by atoms with Gasteiger partial charge in [0.15, 0.2) is 5.76 Å². The number of benzene rings is 1. The van der Waals surface area contributed by atoms with E-state index in [1.807, 2.05) is 11.8 Å². The second-order valence-corrected chi connectivity index (χ2v) is 9.22. The quantitative estimate of drug-likeness (QED) is 0.581. The number of aromatic nitrogens is 1. The van der Waals surface area contributed by atoms with Crippen molar-refractivity contribution in [1.82, 2.24) is 9.47 Å². The van der Waals surface area contributed by atoms with E-state index in [1.165, 1.54) is 11.8 Å². The Bertz CT molecular complexity index is 1380. The Balaban J connectivity index is 0.00000259. The number of aromatic carboxylic acids is 1. The van der Waals surface area contributed by atoms with E-state index in [9.17, 15) is 19.5 Å². The summed E-state index contributed by atoms with van der Waals surface area (Å²) in [5.41, 5.74) is -0.0479. The minimum Gasteiger partial charge on any atom is -0.477 e. The second-order valence-electron chi connectivity index (χ2n) is 7.92. The third kappa shape index (κ3) is 3.83. The molecule has 2 aromatic heterocycles. The van der Waals surface area contributed by atoms with Gasteiger partial charge in [-0.2, -0.15) is 0 Å². The number of hydrogen-bond donors (Lipinski definition) is 1. The summed E-state index contributed by atoms with van der Waals surface area (Å²) in [5.74, 6) is -1.64. The molecule has 2 aliphatic rings. The number of fused-ring (bicyclic) bond motifs is 3. The maximum Gasteiger partial charge on any atom is 0.519 e. The van der Waals surface area contributed by atoms with Gasteiger partial charge in [0, 0.05) is 31.6 Å². The first kappa shape index (κ1) is 23.4. The fraction of sp³-hybridized carbons (Fsp3) is 0.381. The van der Waals surface area contributed by atoms with Crippen LogP contribution in [-0.2, 0) is 6.54 Å². The van der Waals surface area contributed by atoms with Gasteiger partial charge in [-0.15, -0.1) is 12.4 Å². The summed E-state index contributed by atoms with van der Waals surface area (Å²) >= 11 is 1.32. The Labute approximate surface area is 197 Å². The molecule has 0 bridgehead atoms. The summed E-state index contributed by atoms with van der Waals surface area (Å²) in [6.45, 7) is 6.33. The number of carbonyl (C=O) groups is 1. The minimum atomic E-state index is -1.30. The minimum absolute atomic E-state index is 0. The Hall–Kier alpha value is -2.76. The van der Waals surface area contributed by atoms with Crippen LogP contribution in [0.3, 0.4) is 0 Å². The molecule has 3 aromatic rings. The Morgan fingerprint density at radius 2 is 1.91 bits per heavy atom. The van der Waals surface area contributed by atoms with Gasteiger partial charge >= 0.3 is 11.8 Å². The van der Waals surface area contributed by atoms with Crippen molar-refractivity contribution in [3.8, 4) is 0 Å². The molecule has 0 amide bonds. The summed E-state index contributed by atoms with van der Waals surface area (Å²) in [4.78, 5) is 39.6. The highest BCUT2D eigenvalue weighted by atomic mass is 35.5. The maximum atomic E-state index is 15.0. The number of pyridine rings is 1. The first-order chi connectivity index (χ1) is 15.2. The molecule has 0 radical (unpaired) electrons. The number of halogens is 2. The predicted molar refractivity (Wildman–Crippen MR) is 122 cm³/mol. The van der Waals surface area contributed by atoms with Crippen molar-refractivity contribution in [3.05, 3.63) is 55.9 Å². The van der Waals surface area contributed by atoms with Gasteiger partial charge in [-0.05, 0) is 26.0 Å². The number of rotatable bonds is 4. The smallest absolute Gasteiger partial charge is 0.477 e. The van der Waals surface area contributed by atoms with Crippen LogP contribution in [-0.4, -0.2) is 46.7 Å². The van der Waals surface area contributed by atoms with Crippen molar-refractivity contribution in [2.75, 3.05) is 31.1 Å². The summed E-state index contributed by atoms with van der Waals surface area (Å²) in [5, 5.41) is 9.89. The fourth-order valence-electron chi connectivity index (χ4n) is 4.34. The number of hydrogen-bond acceptors (Lipinski definition) is 8. The van der Waals surface area contributed by atoms with Gasteiger partial charge in [0.25, 0.3) is 0 Å². The Kier molecular flexibility index (Phi) is 6.06. The molecule has 33 heavy (non-hydrogen) atoms. The molecule has 1 saturated heterocycles. The van der Waals surface area contributed by atoms with E-state index in [1.54, 1.807) is 17.6 Å². The van der Waals surface area contributed by atoms with E-state index >= 15 is 4.39 Å². The zero-order chi connectivity index (χ0) is 22.7. The topological polar surface area (TPSA) is 109 Å². The fourth-order valence-corrected chi connectivity index (χ4v) is 5.49. The molecule has 4 heterocycles. The molecule has 5 rings (SSSR count). The van der Waals surface area contributed by atoms with Crippen LogP contribution in [0.15, 0.2) is 35.6 Å². The predicted octanol–water partition coefficient (Wildman–Crippen LogP) is 3.06. The molecular weight excluding hydrogens is 477 g/mol. The molecule has 0 aliphatic carbocycles. The summed E-state index contributed by atoms with van der Waals surface area (Å²) < 4.78 is 26.8. The molecule has 1 atom stereocenters. The number of nitrogens with zero attached hydrogens (tertiary/aromatic N) is 3. The SMILES string of the molecule is Cc1oc(=O)oc1CN1CCN(c2cc3c(cc2F)c(=O)c(C(=O)O)c2n3[C@H](C)S2)CC1.Cl. The number of carboxylic acids is 1. The monoisotopic (exact) mass is 497 g/mol. The van der Waals surface area contributed by atoms with Gasteiger partial charge in [-0.1, -0.05) is 11.8 Å². The highest BCUT2D eigenvalue weighted by molar-refractivity contribution is 8.00. The van der Waals surface area contributed by atoms with Gasteiger partial charge < -0.3 is 23.4 Å². The van der Waals surface area contributed by atoms with Crippen LogP contribution in [0.2, 0.25) is 0 Å². The normalized spacial score (nSPS) is 18.0. The van der Waals surface area contributed by atoms with Crippen molar-refractivity contribution < 1.29 is 23.1 Å². The van der Waals surface area contributed by atoms with Crippen molar-refractivity contribution >= 4 is 46.7 Å². The Morgan fingerprint density at radius 1 is 1.21 bits per heavy atom. The number of piperazine rings is 1. The highest BCUT2D eigenvalue weighted by Gasteiger charge is 2.33. The number of carboxylic acid groups (broad SMARTS) is 1. The van der Waals surface area contributed by atoms with E-state index in [-0.39, 0.29) is 28.7 Å². The molecule has 1 N–H and O–H groups in total. The lowest BCUT2D eigenvalue weighted by Crippen LogP contribution is -2.46. The maximum absolute atomic E-state index is 15.0. The molecule has 1 aromatic carbocycles. The largest absolute Gasteiger partial charge is 0.519 e. The van der Waals surface area contributed by atoms with Crippen LogP contribution in [0.1, 0.15) is 34.2 Å². The van der Waals surface area contributed by atoms with Crippen LogP contribution >= 0.6 is 24.2 Å². The lowest BCUT2D eigenvalue weighted by Gasteiger charge is -2.37. The molecule has 0 unspecified atom stereocenters. The van der Waals surface area contributed by atoms with E-state index in [2.05, 4.69) is 4.90 Å². The van der Waals surface area contributed by atoms with Crippen LogP contribution in [0.25, 0.3) is 10.9 Å². The van der Waals surface area contributed by atoms with Gasteiger partial charge in [-0.3, -0.25) is 9.69 Å². The summed E-state index contributed by atoms with van der Waals surface area (Å²) in [7, 11) is 0. The summed E-state index contributed by atoms with van der Waals surface area (Å²) in [6, 6.07) is 2.80. The highest BCUT2D eigenvalue weighted by Crippen LogP contribution is 2.46. The van der Waals surface area contributed by atoms with Crippen LogP contribution in [0.4, 0.5) is 10.1 Å². The average molecular weight is 498 g/mol. The molecule has 9 nitrogen and oxygen atoms in total. The lowest BCUT2D eigenvalue weighted by molar-refractivity contribution is 0.0689. The van der Waals surface area contributed by atoms with Gasteiger partial charge in [0.2, 0.25) is 5.43 Å². The molecule has 0 saturated carbocycles. The molecule has 0 spiro atoms. The van der Waals surface area contributed by atoms with Crippen LogP contribution in [0, 0.1) is 12.7 Å². The molecule has 176 valence electrons. The number of aryl methyl sites for hydroxylation is 1. The molecule has 2 aliphatic heterocycles. The summed E-state index contributed by atoms with van der Waals surface area (Å²) in [6.07, 6.45) is 0. The van der Waals surface area contributed by atoms with Crippen LogP contribution in [0.5, 0.6) is 0 Å². The second kappa shape index (κ2) is 8.54. The van der Waals surface area contributed by atoms with Crippen molar-refractivity contribution in [3.63, 3.8) is 0 Å². The van der Waals surface area contributed by atoms with Gasteiger partial charge in [-0.25, -0.2) is 14.0 Å². The molecular formula is C21H21ClFN3O6S. The first-order valence-electron chi connectivity index (χ1n) is 10.1. The van der Waals surface area contributed by atoms with Crippen molar-refractivity contribution in [2.24, 2.45) is 0 Å². The number of anilines is 1. The third-order valence-electron chi connectivity index (χ3n) is 6.00. The average Bonchev–Trinajstić information content (AvgIpc) is 3.05. The van der Waals surface area contributed by atoms with E-state index in [0.29, 0.717) is 60.5 Å². The standard InChI is InChI=1S/C21H20FN3O6S.ClH/c1-10-16(31-21(29)30-10)9-23-3-5-24(6-4-23)15-8-14-12(7-13(15)22)18(26)17(20(27)28)19-25(14)11(2)32-19;/h7-8,11H,3-6,9H2,1-2H3,(H,27,28);1H/t11-;/m0./s1. The van der Waals surface area contributed by atoms with Crippen LogP contribution < -0.4 is 16.2 Å². The van der Waals surface area contributed by atoms with E-state index in [4.69, 9.17) is 8.83 Å². The zero-order valence-corrected chi connectivity index (χ0v) is 19.4. The Morgan fingerprint density at radius 3 is 2.48 bits per heavy atom. The molecule has 1 fully saturated rings. The molecule has 12 heteroatoms. The lowest BCUT2D eigenvalue weighted by atomic mass is 10.1. The van der Waals surface area contributed by atoms with E-state index < -0.39 is 23.0 Å². The van der Waals surface area contributed by atoms with Crippen molar-refractivity contribution in [2.45, 2.75) is 30.8 Å². The zero-order valence-electron chi connectivity index (χ0n) is 17.8.